The molecule has 0 unspecified atom stereocenters. The van der Waals surface area contributed by atoms with Crippen LogP contribution in [0.1, 0.15) is 38.4 Å². The Labute approximate surface area is 189 Å². The number of carbonyl (C=O) groups is 1. The van der Waals surface area contributed by atoms with Gasteiger partial charge in [0, 0.05) is 30.4 Å². The smallest absolute Gasteiger partial charge is 0.266 e. The quantitative estimate of drug-likeness (QED) is 0.489. The van der Waals surface area contributed by atoms with Gasteiger partial charge in [0.2, 0.25) is 17.5 Å². The van der Waals surface area contributed by atoms with Crippen molar-refractivity contribution in [3.63, 3.8) is 0 Å². The van der Waals surface area contributed by atoms with Gasteiger partial charge in [0.15, 0.2) is 11.4 Å². The lowest BCUT2D eigenvalue weighted by Crippen LogP contribution is -2.38. The SMILES string of the molecule is CC(C)n1ncc2cc(NC(=O)C3CCN(c4oc(-c5ccco5)nc4C#N)CC3)cnc21. The summed E-state index contributed by atoms with van der Waals surface area (Å²) in [6, 6.07) is 7.65. The number of pyridine rings is 1. The van der Waals surface area contributed by atoms with Crippen LogP contribution in [-0.2, 0) is 4.79 Å². The number of rotatable bonds is 5. The van der Waals surface area contributed by atoms with Crippen LogP contribution < -0.4 is 10.2 Å². The van der Waals surface area contributed by atoms with Gasteiger partial charge < -0.3 is 19.1 Å². The Hall–Kier alpha value is -4.13. The van der Waals surface area contributed by atoms with E-state index in [1.54, 1.807) is 24.5 Å². The third-order valence-electron chi connectivity index (χ3n) is 5.79. The molecular formula is C23H23N7O3. The van der Waals surface area contributed by atoms with Crippen LogP contribution in [0.5, 0.6) is 0 Å². The molecule has 33 heavy (non-hydrogen) atoms. The van der Waals surface area contributed by atoms with E-state index in [1.165, 1.54) is 6.26 Å². The fraction of sp³-hybridized carbons (Fsp3) is 0.348. The van der Waals surface area contributed by atoms with Crippen LogP contribution in [0.4, 0.5) is 11.6 Å². The van der Waals surface area contributed by atoms with E-state index in [2.05, 4.69) is 26.5 Å². The highest BCUT2D eigenvalue weighted by Gasteiger charge is 2.29. The molecule has 1 fully saturated rings. The maximum Gasteiger partial charge on any atom is 0.266 e. The number of carbonyl (C=O) groups excluding carboxylic acids is 1. The summed E-state index contributed by atoms with van der Waals surface area (Å²) in [4.78, 5) is 23.5. The molecule has 0 radical (unpaired) electrons. The van der Waals surface area contributed by atoms with Crippen molar-refractivity contribution in [2.75, 3.05) is 23.3 Å². The molecule has 4 aromatic rings. The van der Waals surface area contributed by atoms with E-state index in [0.717, 1.165) is 11.0 Å². The van der Waals surface area contributed by atoms with E-state index in [9.17, 15) is 10.1 Å². The topological polar surface area (TPSA) is 126 Å². The number of hydrogen-bond acceptors (Lipinski definition) is 8. The molecule has 1 amide bonds. The minimum Gasteiger partial charge on any atom is -0.459 e. The number of aromatic nitrogens is 4. The van der Waals surface area contributed by atoms with Crippen LogP contribution in [-0.4, -0.2) is 38.7 Å². The molecule has 4 aromatic heterocycles. The van der Waals surface area contributed by atoms with Gasteiger partial charge in [-0.15, -0.1) is 0 Å². The molecule has 10 nitrogen and oxygen atoms in total. The third kappa shape index (κ3) is 3.93. The van der Waals surface area contributed by atoms with E-state index in [0.29, 0.717) is 43.3 Å². The lowest BCUT2D eigenvalue weighted by atomic mass is 9.96. The first-order chi connectivity index (χ1) is 16.0. The van der Waals surface area contributed by atoms with Gasteiger partial charge in [-0.2, -0.15) is 15.3 Å². The molecule has 1 aliphatic heterocycles. The van der Waals surface area contributed by atoms with Crippen LogP contribution in [0.25, 0.3) is 22.7 Å². The minimum absolute atomic E-state index is 0.0404. The van der Waals surface area contributed by atoms with Crippen molar-refractivity contribution >= 4 is 28.5 Å². The first kappa shape index (κ1) is 20.8. The number of nitrogens with zero attached hydrogens (tertiary/aromatic N) is 6. The van der Waals surface area contributed by atoms with Gasteiger partial charge in [-0.1, -0.05) is 0 Å². The number of nitriles is 1. The van der Waals surface area contributed by atoms with Crippen molar-refractivity contribution in [2.45, 2.75) is 32.7 Å². The molecule has 0 aliphatic carbocycles. The highest BCUT2D eigenvalue weighted by molar-refractivity contribution is 5.94. The molecule has 1 saturated heterocycles. The summed E-state index contributed by atoms with van der Waals surface area (Å²) in [5.41, 5.74) is 1.67. The van der Waals surface area contributed by atoms with Crippen molar-refractivity contribution in [1.29, 1.82) is 5.26 Å². The van der Waals surface area contributed by atoms with Gasteiger partial charge in [-0.25, -0.2) is 9.67 Å². The van der Waals surface area contributed by atoms with Crippen LogP contribution >= 0.6 is 0 Å². The fourth-order valence-corrected chi connectivity index (χ4v) is 4.08. The van der Waals surface area contributed by atoms with Crippen LogP contribution in [0.15, 0.2) is 45.7 Å². The highest BCUT2D eigenvalue weighted by Crippen LogP contribution is 2.31. The van der Waals surface area contributed by atoms with E-state index in [1.807, 2.05) is 29.5 Å². The lowest BCUT2D eigenvalue weighted by molar-refractivity contribution is -0.120. The number of furan rings is 1. The average molecular weight is 445 g/mol. The summed E-state index contributed by atoms with van der Waals surface area (Å²) in [5, 5.41) is 17.7. The first-order valence-corrected chi connectivity index (χ1v) is 10.9. The second kappa shape index (κ2) is 8.43. The Morgan fingerprint density at radius 2 is 2.12 bits per heavy atom. The standard InChI is InChI=1S/C23H23N7O3/c1-14(2)30-20-16(12-26-30)10-17(13-25-20)27-21(31)15-5-7-29(8-6-15)23-18(11-24)28-22(33-23)19-4-3-9-32-19/h3-4,9-10,12-15H,5-8H2,1-2H3,(H,27,31). The number of hydrogen-bond donors (Lipinski definition) is 1. The van der Waals surface area contributed by atoms with Gasteiger partial charge in [-0.3, -0.25) is 4.79 Å². The van der Waals surface area contributed by atoms with Crippen LogP contribution in [0.2, 0.25) is 0 Å². The molecule has 1 aliphatic rings. The monoisotopic (exact) mass is 445 g/mol. The molecular weight excluding hydrogens is 422 g/mol. The molecule has 5 rings (SSSR count). The number of anilines is 2. The number of fused-ring (bicyclic) bond motifs is 1. The Bertz CT molecular complexity index is 1320. The predicted octanol–water partition coefficient (Wildman–Crippen LogP) is 3.99. The van der Waals surface area contributed by atoms with Crippen molar-refractivity contribution < 1.29 is 13.6 Å². The Morgan fingerprint density at radius 1 is 1.30 bits per heavy atom. The molecule has 10 heteroatoms. The summed E-state index contributed by atoms with van der Waals surface area (Å²) in [5.74, 6) is 0.973. The summed E-state index contributed by atoms with van der Waals surface area (Å²) in [7, 11) is 0. The summed E-state index contributed by atoms with van der Waals surface area (Å²) in [6.07, 6.45) is 6.22. The molecule has 0 saturated carbocycles. The van der Waals surface area contributed by atoms with Gasteiger partial charge in [-0.05, 0) is 44.9 Å². The molecule has 0 aromatic carbocycles. The first-order valence-electron chi connectivity index (χ1n) is 10.9. The zero-order chi connectivity index (χ0) is 22.9. The van der Waals surface area contributed by atoms with Crippen molar-refractivity contribution in [1.82, 2.24) is 19.7 Å². The number of nitrogens with one attached hydrogen (secondary N) is 1. The Balaban J connectivity index is 1.24. The molecule has 0 bridgehead atoms. The predicted molar refractivity (Wildman–Crippen MR) is 120 cm³/mol. The van der Waals surface area contributed by atoms with Crippen LogP contribution in [0, 0.1) is 17.2 Å². The van der Waals surface area contributed by atoms with Gasteiger partial charge in [0.1, 0.15) is 6.07 Å². The van der Waals surface area contributed by atoms with Gasteiger partial charge in [0.25, 0.3) is 5.89 Å². The zero-order valence-electron chi connectivity index (χ0n) is 18.4. The van der Waals surface area contributed by atoms with Gasteiger partial charge in [0.05, 0.1) is 24.3 Å². The maximum absolute atomic E-state index is 12.9. The highest BCUT2D eigenvalue weighted by atomic mass is 16.4. The molecule has 1 N–H and O–H groups in total. The third-order valence-corrected chi connectivity index (χ3v) is 5.79. The minimum atomic E-state index is -0.145. The fourth-order valence-electron chi connectivity index (χ4n) is 4.08. The zero-order valence-corrected chi connectivity index (χ0v) is 18.4. The second-order valence-corrected chi connectivity index (χ2v) is 8.33. The summed E-state index contributed by atoms with van der Waals surface area (Å²) in [6.45, 7) is 5.26. The molecule has 168 valence electrons. The van der Waals surface area contributed by atoms with Crippen molar-refractivity contribution in [3.05, 3.63) is 42.5 Å². The van der Waals surface area contributed by atoms with Crippen molar-refractivity contribution in [3.8, 4) is 17.7 Å². The van der Waals surface area contributed by atoms with Crippen LogP contribution in [0.3, 0.4) is 0 Å². The Kier molecular flexibility index (Phi) is 5.30. The maximum atomic E-state index is 12.9. The number of amides is 1. The van der Waals surface area contributed by atoms with Crippen molar-refractivity contribution in [2.24, 2.45) is 5.92 Å². The summed E-state index contributed by atoms with van der Waals surface area (Å²) >= 11 is 0. The molecule has 0 spiro atoms. The largest absolute Gasteiger partial charge is 0.459 e. The number of piperidine rings is 1. The molecule has 0 atom stereocenters. The average Bonchev–Trinajstić information content (AvgIpc) is 3.57. The van der Waals surface area contributed by atoms with E-state index < -0.39 is 0 Å². The summed E-state index contributed by atoms with van der Waals surface area (Å²) < 4.78 is 13.0. The second-order valence-electron chi connectivity index (χ2n) is 8.33. The lowest BCUT2D eigenvalue weighted by Gasteiger charge is -2.30. The van der Waals surface area contributed by atoms with E-state index in [-0.39, 0.29) is 29.5 Å². The molecule has 5 heterocycles. The Morgan fingerprint density at radius 3 is 2.82 bits per heavy atom. The van der Waals surface area contributed by atoms with Gasteiger partial charge >= 0.3 is 0 Å². The normalized spacial score (nSPS) is 14.7. The van der Waals surface area contributed by atoms with E-state index >= 15 is 0 Å². The van der Waals surface area contributed by atoms with E-state index in [4.69, 9.17) is 8.83 Å². The number of oxazole rings is 1.